The topological polar surface area (TPSA) is 108 Å². The number of aryl methyl sites for hydroxylation is 3. The van der Waals surface area contributed by atoms with Crippen molar-refractivity contribution in [2.24, 2.45) is 4.99 Å². The molecule has 0 aliphatic carbocycles. The van der Waals surface area contributed by atoms with Crippen LogP contribution in [-0.4, -0.2) is 74.2 Å². The molecule has 40 heavy (non-hydrogen) atoms. The first-order valence-corrected chi connectivity index (χ1v) is 14.9. The molecule has 0 radical (unpaired) electrons. The molecule has 1 N–H and O–H groups in total. The molecule has 1 aliphatic rings. The average molecular weight is 569 g/mol. The Bertz CT molecular complexity index is 1380. The summed E-state index contributed by atoms with van der Waals surface area (Å²) in [5.74, 6) is 0.167. The van der Waals surface area contributed by atoms with Crippen LogP contribution in [-0.2, 0) is 25.9 Å². The maximum absolute atomic E-state index is 12.8. The minimum absolute atomic E-state index is 0.199. The van der Waals surface area contributed by atoms with Gasteiger partial charge in [-0.2, -0.15) is 0 Å². The number of nitrogens with one attached hydrogen (secondary N) is 1. The minimum Gasteiger partial charge on any atom is -0.443 e. The minimum atomic E-state index is -3.50. The molecule has 0 aromatic heterocycles. The lowest BCUT2D eigenvalue weighted by Gasteiger charge is -2.25. The first-order chi connectivity index (χ1) is 18.7. The molecule has 2 aromatic rings. The van der Waals surface area contributed by atoms with Crippen molar-refractivity contribution in [1.29, 1.82) is 0 Å². The number of carbonyl (C=O) groups is 2. The van der Waals surface area contributed by atoms with E-state index in [0.29, 0.717) is 30.4 Å². The highest BCUT2D eigenvalue weighted by molar-refractivity contribution is 7.91. The van der Waals surface area contributed by atoms with Gasteiger partial charge >= 0.3 is 6.09 Å². The summed E-state index contributed by atoms with van der Waals surface area (Å²) in [5.41, 5.74) is 3.62. The monoisotopic (exact) mass is 568 g/mol. The molecule has 0 spiro atoms. The molecule has 0 saturated carbocycles. The number of hydrogen-bond acceptors (Lipinski definition) is 7. The average Bonchev–Trinajstić information content (AvgIpc) is 3.32. The van der Waals surface area contributed by atoms with E-state index in [1.54, 1.807) is 36.8 Å². The van der Waals surface area contributed by atoms with Crippen LogP contribution in [0.4, 0.5) is 4.79 Å². The fourth-order valence-corrected chi connectivity index (χ4v) is 6.22. The molecule has 0 saturated heterocycles. The molecule has 2 aromatic carbocycles. The van der Waals surface area contributed by atoms with Crippen LogP contribution in [0.2, 0.25) is 0 Å². The summed E-state index contributed by atoms with van der Waals surface area (Å²) < 4.78 is 31.1. The van der Waals surface area contributed by atoms with E-state index in [1.807, 2.05) is 64.1 Å². The third-order valence-corrected chi connectivity index (χ3v) is 8.04. The van der Waals surface area contributed by atoms with Gasteiger partial charge in [-0.05, 0) is 58.2 Å². The highest BCUT2D eigenvalue weighted by Gasteiger charge is 2.29. The van der Waals surface area contributed by atoms with Crippen LogP contribution in [0.5, 0.6) is 0 Å². The lowest BCUT2D eigenvalue weighted by atomic mass is 10.1. The smallest absolute Gasteiger partial charge is 0.416 e. The molecular formula is C30H40N4O5S. The van der Waals surface area contributed by atoms with Crippen molar-refractivity contribution in [2.75, 3.05) is 32.6 Å². The van der Waals surface area contributed by atoms with Crippen LogP contribution < -0.4 is 5.32 Å². The van der Waals surface area contributed by atoms with E-state index in [4.69, 9.17) is 4.74 Å². The summed E-state index contributed by atoms with van der Waals surface area (Å²) in [5, 5.41) is 2.90. The fraction of sp³-hybridized carbons (Fsp3) is 0.433. The lowest BCUT2D eigenvalue weighted by molar-refractivity contribution is -0.125. The predicted molar refractivity (Wildman–Crippen MR) is 157 cm³/mol. The van der Waals surface area contributed by atoms with Crippen LogP contribution in [0, 0.1) is 20.8 Å². The second kappa shape index (κ2) is 12.8. The Kier molecular flexibility index (Phi) is 9.92. The number of aliphatic imine (C=N–C) groups is 1. The van der Waals surface area contributed by atoms with Crippen molar-refractivity contribution < 1.29 is 22.7 Å². The maximum atomic E-state index is 12.8. The van der Waals surface area contributed by atoms with E-state index in [9.17, 15) is 18.0 Å². The number of carbonyl (C=O) groups excluding carboxylic acids is 2. The largest absolute Gasteiger partial charge is 0.443 e. The van der Waals surface area contributed by atoms with E-state index in [1.165, 1.54) is 6.08 Å². The van der Waals surface area contributed by atoms with E-state index in [0.717, 1.165) is 27.8 Å². The standard InChI is InChI=1S/C30H40N4O5S/c1-21-17-22(2)27(23(3)18-21)40(37,38)20-31-14-8-9-26(35)33(7)19-24-10-12-25(13-11-24)28-32-15-16-34(28)29(36)39-30(4,5)6/h8-13,17-18,31H,14-16,19-20H2,1-7H3/b9-8+. The SMILES string of the molecule is Cc1cc(C)c(S(=O)(=O)CNC/C=C/C(=O)N(C)Cc2ccc(C3=NCCN3C(=O)OC(C)(C)C)cc2)c(C)c1. The summed E-state index contributed by atoms with van der Waals surface area (Å²) in [6.45, 7) is 12.7. The Morgan fingerprint density at radius 3 is 2.33 bits per heavy atom. The van der Waals surface area contributed by atoms with Crippen LogP contribution in [0.15, 0.2) is 58.4 Å². The molecule has 2 amide bonds. The van der Waals surface area contributed by atoms with Gasteiger partial charge in [0.2, 0.25) is 5.91 Å². The number of benzene rings is 2. The molecule has 10 heteroatoms. The van der Waals surface area contributed by atoms with Crippen molar-refractivity contribution in [2.45, 2.75) is 58.6 Å². The summed E-state index contributed by atoms with van der Waals surface area (Å²) in [4.78, 5) is 33.1. The van der Waals surface area contributed by atoms with Crippen molar-refractivity contribution in [3.8, 4) is 0 Å². The zero-order valence-electron chi connectivity index (χ0n) is 24.4. The second-order valence-corrected chi connectivity index (χ2v) is 13.0. The van der Waals surface area contributed by atoms with Gasteiger partial charge in [0.05, 0.1) is 18.0 Å². The number of hydrogen-bond donors (Lipinski definition) is 1. The van der Waals surface area contributed by atoms with Crippen LogP contribution in [0.25, 0.3) is 0 Å². The zero-order chi connectivity index (χ0) is 29.7. The molecule has 0 atom stereocenters. The molecule has 9 nitrogen and oxygen atoms in total. The summed E-state index contributed by atoms with van der Waals surface area (Å²) in [6.07, 6.45) is 2.63. The molecule has 216 valence electrons. The Morgan fingerprint density at radius 1 is 1.10 bits per heavy atom. The number of nitrogens with zero attached hydrogens (tertiary/aromatic N) is 3. The summed E-state index contributed by atoms with van der Waals surface area (Å²) in [6, 6.07) is 11.3. The highest BCUT2D eigenvalue weighted by atomic mass is 32.2. The number of amides is 2. The molecule has 0 unspecified atom stereocenters. The first-order valence-electron chi connectivity index (χ1n) is 13.2. The van der Waals surface area contributed by atoms with Gasteiger partial charge in [-0.3, -0.25) is 20.0 Å². The first kappa shape index (κ1) is 31.0. The number of ether oxygens (including phenoxy) is 1. The van der Waals surface area contributed by atoms with E-state index in [-0.39, 0.29) is 18.3 Å². The van der Waals surface area contributed by atoms with Crippen molar-refractivity contribution in [1.82, 2.24) is 15.1 Å². The van der Waals surface area contributed by atoms with Crippen LogP contribution in [0.1, 0.15) is 48.6 Å². The van der Waals surface area contributed by atoms with E-state index in [2.05, 4.69) is 10.3 Å². The fourth-order valence-electron chi connectivity index (χ4n) is 4.59. The molecule has 0 bridgehead atoms. The van der Waals surface area contributed by atoms with Gasteiger partial charge in [0.25, 0.3) is 0 Å². The van der Waals surface area contributed by atoms with Gasteiger partial charge in [0, 0.05) is 31.8 Å². The Morgan fingerprint density at radius 2 is 1.73 bits per heavy atom. The quantitative estimate of drug-likeness (QED) is 0.360. The lowest BCUT2D eigenvalue weighted by Crippen LogP contribution is -2.39. The number of rotatable bonds is 9. The van der Waals surface area contributed by atoms with E-state index >= 15 is 0 Å². The zero-order valence-corrected chi connectivity index (χ0v) is 25.3. The van der Waals surface area contributed by atoms with Gasteiger partial charge in [-0.15, -0.1) is 0 Å². The summed E-state index contributed by atoms with van der Waals surface area (Å²) >= 11 is 0. The second-order valence-electron chi connectivity index (χ2n) is 11.1. The highest BCUT2D eigenvalue weighted by Crippen LogP contribution is 2.22. The van der Waals surface area contributed by atoms with Crippen molar-refractivity contribution in [3.05, 3.63) is 76.4 Å². The molecule has 1 aliphatic heterocycles. The third kappa shape index (κ3) is 8.25. The van der Waals surface area contributed by atoms with Crippen molar-refractivity contribution >= 4 is 27.7 Å². The Hall–Kier alpha value is -3.50. The third-order valence-electron chi connectivity index (χ3n) is 6.19. The number of likely N-dealkylation sites (N-methyl/N-ethyl adjacent to an activating group) is 1. The Balaban J connectivity index is 1.50. The molecular weight excluding hydrogens is 528 g/mol. The Labute approximate surface area is 237 Å². The van der Waals surface area contributed by atoms with E-state index < -0.39 is 21.5 Å². The number of amidine groups is 1. The number of sulfone groups is 1. The van der Waals surface area contributed by atoms with Gasteiger partial charge in [-0.25, -0.2) is 13.2 Å². The van der Waals surface area contributed by atoms with Crippen LogP contribution >= 0.6 is 0 Å². The van der Waals surface area contributed by atoms with Gasteiger partial charge in [-0.1, -0.05) is 48.0 Å². The predicted octanol–water partition coefficient (Wildman–Crippen LogP) is 4.14. The van der Waals surface area contributed by atoms with Crippen LogP contribution in [0.3, 0.4) is 0 Å². The maximum Gasteiger partial charge on any atom is 0.416 e. The van der Waals surface area contributed by atoms with Crippen molar-refractivity contribution in [3.63, 3.8) is 0 Å². The molecule has 1 heterocycles. The van der Waals surface area contributed by atoms with Gasteiger partial charge in [0.15, 0.2) is 9.84 Å². The normalized spacial score (nSPS) is 14.0. The van der Waals surface area contributed by atoms with Gasteiger partial charge in [0.1, 0.15) is 17.3 Å². The van der Waals surface area contributed by atoms with Gasteiger partial charge < -0.3 is 9.64 Å². The summed E-state index contributed by atoms with van der Waals surface area (Å²) in [7, 11) is -1.80. The molecule has 3 rings (SSSR count). The molecule has 0 fully saturated rings.